The number of benzene rings is 1. The van der Waals surface area contributed by atoms with Gasteiger partial charge in [-0.05, 0) is 37.6 Å². The SMILES string of the molecule is CN(CCOCC1CCCO1)C(C(N)=O)c1cccc(F)c1. The Bertz CT molecular complexity index is 492. The zero-order valence-corrected chi connectivity index (χ0v) is 12.8. The molecule has 1 amide bonds. The van der Waals surface area contributed by atoms with Crippen LogP contribution >= 0.6 is 0 Å². The number of nitrogens with two attached hydrogens (primary N) is 1. The Morgan fingerprint density at radius 3 is 3.05 bits per heavy atom. The van der Waals surface area contributed by atoms with E-state index in [9.17, 15) is 9.18 Å². The van der Waals surface area contributed by atoms with Crippen molar-refractivity contribution in [1.29, 1.82) is 0 Å². The second kappa shape index (κ2) is 8.22. The smallest absolute Gasteiger partial charge is 0.239 e. The zero-order valence-electron chi connectivity index (χ0n) is 12.8. The largest absolute Gasteiger partial charge is 0.377 e. The lowest BCUT2D eigenvalue weighted by atomic mass is 10.1. The van der Waals surface area contributed by atoms with Gasteiger partial charge in [-0.15, -0.1) is 0 Å². The molecule has 1 aliphatic rings. The molecule has 2 N–H and O–H groups in total. The number of halogens is 1. The number of carbonyl (C=O) groups excluding carboxylic acids is 1. The highest BCUT2D eigenvalue weighted by Crippen LogP contribution is 2.20. The number of hydrogen-bond donors (Lipinski definition) is 1. The molecular weight excluding hydrogens is 287 g/mol. The van der Waals surface area contributed by atoms with Gasteiger partial charge in [-0.25, -0.2) is 4.39 Å². The summed E-state index contributed by atoms with van der Waals surface area (Å²) in [5, 5.41) is 0. The minimum absolute atomic E-state index is 0.181. The third-order valence-electron chi connectivity index (χ3n) is 3.79. The van der Waals surface area contributed by atoms with Crippen molar-refractivity contribution in [1.82, 2.24) is 4.90 Å². The molecule has 22 heavy (non-hydrogen) atoms. The minimum atomic E-state index is -0.665. The number of primary amides is 1. The Kier molecular flexibility index (Phi) is 6.30. The van der Waals surface area contributed by atoms with Crippen molar-refractivity contribution >= 4 is 5.91 Å². The van der Waals surface area contributed by atoms with Crippen LogP contribution in [0.15, 0.2) is 24.3 Å². The fourth-order valence-electron chi connectivity index (χ4n) is 2.64. The van der Waals surface area contributed by atoms with E-state index < -0.39 is 11.9 Å². The van der Waals surface area contributed by atoms with Crippen molar-refractivity contribution in [3.63, 3.8) is 0 Å². The highest BCUT2D eigenvalue weighted by molar-refractivity contribution is 5.81. The predicted molar refractivity (Wildman–Crippen MR) is 80.8 cm³/mol. The molecule has 0 aromatic heterocycles. The second-order valence-electron chi connectivity index (χ2n) is 5.55. The summed E-state index contributed by atoms with van der Waals surface area (Å²) in [5.41, 5.74) is 6.01. The second-order valence-corrected chi connectivity index (χ2v) is 5.55. The predicted octanol–water partition coefficient (Wildman–Crippen LogP) is 1.48. The van der Waals surface area contributed by atoms with E-state index in [1.807, 2.05) is 0 Å². The van der Waals surface area contributed by atoms with Gasteiger partial charge in [-0.1, -0.05) is 12.1 Å². The lowest BCUT2D eigenvalue weighted by molar-refractivity contribution is -0.123. The standard InChI is InChI=1S/C16H23FN2O3/c1-19(7-9-21-11-14-6-3-8-22-14)15(16(18)20)12-4-2-5-13(17)10-12/h2,4-5,10,14-15H,3,6-9,11H2,1H3,(H2,18,20). The zero-order chi connectivity index (χ0) is 15.9. The average molecular weight is 310 g/mol. The van der Waals surface area contributed by atoms with Crippen molar-refractivity contribution in [3.8, 4) is 0 Å². The molecule has 0 aliphatic carbocycles. The highest BCUT2D eigenvalue weighted by Gasteiger charge is 2.23. The number of carbonyl (C=O) groups is 1. The van der Waals surface area contributed by atoms with Gasteiger partial charge >= 0.3 is 0 Å². The Morgan fingerprint density at radius 1 is 1.59 bits per heavy atom. The molecule has 1 saturated heterocycles. The maximum absolute atomic E-state index is 13.3. The first kappa shape index (κ1) is 16.9. The van der Waals surface area contributed by atoms with Gasteiger partial charge in [0.15, 0.2) is 0 Å². The van der Waals surface area contributed by atoms with Crippen molar-refractivity contribution in [3.05, 3.63) is 35.6 Å². The van der Waals surface area contributed by atoms with E-state index in [0.29, 0.717) is 25.3 Å². The van der Waals surface area contributed by atoms with Gasteiger partial charge in [0.05, 0.1) is 19.3 Å². The van der Waals surface area contributed by atoms with Gasteiger partial charge in [0.2, 0.25) is 5.91 Å². The molecule has 2 unspecified atom stereocenters. The summed E-state index contributed by atoms with van der Waals surface area (Å²) in [5.74, 6) is -0.890. The molecule has 1 heterocycles. The van der Waals surface area contributed by atoms with E-state index in [0.717, 1.165) is 19.4 Å². The lowest BCUT2D eigenvalue weighted by Gasteiger charge is -2.26. The lowest BCUT2D eigenvalue weighted by Crippen LogP contribution is -2.37. The molecular formula is C16H23FN2O3. The third kappa shape index (κ3) is 4.76. The van der Waals surface area contributed by atoms with E-state index in [2.05, 4.69) is 0 Å². The van der Waals surface area contributed by atoms with Crippen LogP contribution in [0.5, 0.6) is 0 Å². The molecule has 2 atom stereocenters. The normalized spacial score (nSPS) is 19.5. The average Bonchev–Trinajstić information content (AvgIpc) is 2.97. The molecule has 122 valence electrons. The van der Waals surface area contributed by atoms with Crippen LogP contribution in [0.3, 0.4) is 0 Å². The quantitative estimate of drug-likeness (QED) is 0.739. The van der Waals surface area contributed by atoms with E-state index in [1.54, 1.807) is 24.1 Å². The van der Waals surface area contributed by atoms with Gasteiger partial charge in [0.25, 0.3) is 0 Å². The van der Waals surface area contributed by atoms with Crippen LogP contribution in [0.1, 0.15) is 24.4 Å². The summed E-state index contributed by atoms with van der Waals surface area (Å²) in [7, 11) is 1.77. The van der Waals surface area contributed by atoms with E-state index in [1.165, 1.54) is 12.1 Å². The van der Waals surface area contributed by atoms with Gasteiger partial charge in [-0.2, -0.15) is 0 Å². The van der Waals surface area contributed by atoms with Crippen LogP contribution in [0.2, 0.25) is 0 Å². The molecule has 1 fully saturated rings. The Labute approximate surface area is 130 Å². The number of rotatable bonds is 8. The van der Waals surface area contributed by atoms with Gasteiger partial charge < -0.3 is 15.2 Å². The van der Waals surface area contributed by atoms with Crippen LogP contribution in [0.25, 0.3) is 0 Å². The van der Waals surface area contributed by atoms with Crippen molar-refractivity contribution in [2.75, 3.05) is 33.4 Å². The maximum atomic E-state index is 13.3. The van der Waals surface area contributed by atoms with E-state index >= 15 is 0 Å². The minimum Gasteiger partial charge on any atom is -0.377 e. The first-order chi connectivity index (χ1) is 10.6. The van der Waals surface area contributed by atoms with Crippen molar-refractivity contribution in [2.45, 2.75) is 25.0 Å². The molecule has 5 nitrogen and oxygen atoms in total. The van der Waals surface area contributed by atoms with Crippen LogP contribution < -0.4 is 5.73 Å². The Morgan fingerprint density at radius 2 is 2.41 bits per heavy atom. The van der Waals surface area contributed by atoms with Crippen molar-refractivity contribution in [2.24, 2.45) is 5.73 Å². The molecule has 1 aromatic carbocycles. The highest BCUT2D eigenvalue weighted by atomic mass is 19.1. The third-order valence-corrected chi connectivity index (χ3v) is 3.79. The number of likely N-dealkylation sites (N-methyl/N-ethyl adjacent to an activating group) is 1. The van der Waals surface area contributed by atoms with Crippen LogP contribution in [-0.4, -0.2) is 50.3 Å². The van der Waals surface area contributed by atoms with Gasteiger partial charge in [-0.3, -0.25) is 9.69 Å². The molecule has 1 aliphatic heterocycles. The summed E-state index contributed by atoms with van der Waals surface area (Å²) in [4.78, 5) is 13.5. The monoisotopic (exact) mass is 310 g/mol. The van der Waals surface area contributed by atoms with Gasteiger partial charge in [0.1, 0.15) is 11.9 Å². The molecule has 2 rings (SSSR count). The Hall–Kier alpha value is -1.50. The van der Waals surface area contributed by atoms with Crippen LogP contribution in [0.4, 0.5) is 4.39 Å². The first-order valence-corrected chi connectivity index (χ1v) is 7.52. The number of nitrogens with zero attached hydrogens (tertiary/aromatic N) is 1. The number of ether oxygens (including phenoxy) is 2. The molecule has 0 bridgehead atoms. The summed E-state index contributed by atoms with van der Waals surface area (Å²) >= 11 is 0. The number of hydrogen-bond acceptors (Lipinski definition) is 4. The summed E-state index contributed by atoms with van der Waals surface area (Å²) in [6.07, 6.45) is 2.29. The van der Waals surface area contributed by atoms with Gasteiger partial charge in [0, 0.05) is 13.2 Å². The first-order valence-electron chi connectivity index (χ1n) is 7.52. The molecule has 0 radical (unpaired) electrons. The van der Waals surface area contributed by atoms with Crippen LogP contribution in [0, 0.1) is 5.82 Å². The maximum Gasteiger partial charge on any atom is 0.239 e. The topological polar surface area (TPSA) is 64.8 Å². The molecule has 0 spiro atoms. The molecule has 0 saturated carbocycles. The summed E-state index contributed by atoms with van der Waals surface area (Å²) in [6.45, 7) is 2.36. The van der Waals surface area contributed by atoms with Crippen molar-refractivity contribution < 1.29 is 18.7 Å². The van der Waals surface area contributed by atoms with E-state index in [-0.39, 0.29) is 11.9 Å². The van der Waals surface area contributed by atoms with Crippen LogP contribution in [-0.2, 0) is 14.3 Å². The summed E-state index contributed by atoms with van der Waals surface area (Å²) in [6, 6.07) is 5.28. The van der Waals surface area contributed by atoms with E-state index in [4.69, 9.17) is 15.2 Å². The molecule has 6 heteroatoms. The number of amides is 1. The summed E-state index contributed by atoms with van der Waals surface area (Å²) < 4.78 is 24.4. The fraction of sp³-hybridized carbons (Fsp3) is 0.562. The molecule has 1 aromatic rings. The fourth-order valence-corrected chi connectivity index (χ4v) is 2.64. The Balaban J connectivity index is 1.84.